The summed E-state index contributed by atoms with van der Waals surface area (Å²) >= 11 is 5.85. The lowest BCUT2D eigenvalue weighted by atomic mass is 10.1. The van der Waals surface area contributed by atoms with Crippen LogP contribution in [0.2, 0.25) is 5.02 Å². The molecule has 1 aromatic rings. The number of carbonyl (C=O) groups is 1. The van der Waals surface area contributed by atoms with E-state index >= 15 is 0 Å². The maximum atomic E-state index is 11.7. The first-order valence-electron chi connectivity index (χ1n) is 6.47. The Morgan fingerprint density at radius 2 is 1.94 bits per heavy atom. The molecule has 1 atom stereocenters. The summed E-state index contributed by atoms with van der Waals surface area (Å²) in [6, 6.07) is 7.51. The molecular weight excluding hydrogens is 248 g/mol. The van der Waals surface area contributed by atoms with Crippen LogP contribution >= 0.6 is 11.6 Å². The van der Waals surface area contributed by atoms with Gasteiger partial charge in [0.25, 0.3) is 0 Å². The number of nitrogens with one attached hydrogen (secondary N) is 2. The van der Waals surface area contributed by atoms with E-state index in [0.29, 0.717) is 5.02 Å². The van der Waals surface area contributed by atoms with E-state index in [1.54, 1.807) is 0 Å². The van der Waals surface area contributed by atoms with E-state index in [1.807, 2.05) is 31.2 Å². The predicted octanol–water partition coefficient (Wildman–Crippen LogP) is 3.89. The van der Waals surface area contributed by atoms with Crippen LogP contribution in [0.1, 0.15) is 44.7 Å². The molecule has 1 rings (SSSR count). The van der Waals surface area contributed by atoms with Gasteiger partial charge < -0.3 is 10.6 Å². The number of rotatable bonds is 6. The average molecular weight is 269 g/mol. The highest BCUT2D eigenvalue weighted by Gasteiger charge is 2.11. The number of carbonyl (C=O) groups excluding carboxylic acids is 1. The quantitative estimate of drug-likeness (QED) is 0.755. The van der Waals surface area contributed by atoms with Crippen molar-refractivity contribution in [3.05, 3.63) is 34.9 Å². The van der Waals surface area contributed by atoms with Gasteiger partial charge >= 0.3 is 6.03 Å². The zero-order valence-corrected chi connectivity index (χ0v) is 11.8. The minimum absolute atomic E-state index is 0.0314. The lowest BCUT2D eigenvalue weighted by molar-refractivity contribution is 0.236. The van der Waals surface area contributed by atoms with E-state index < -0.39 is 0 Å². The third kappa shape index (κ3) is 4.96. The average Bonchev–Trinajstić information content (AvgIpc) is 2.37. The second kappa shape index (κ2) is 7.98. The lowest BCUT2D eigenvalue weighted by Gasteiger charge is -2.18. The van der Waals surface area contributed by atoms with Gasteiger partial charge in [-0.2, -0.15) is 0 Å². The van der Waals surface area contributed by atoms with Gasteiger partial charge in [-0.15, -0.1) is 0 Å². The first-order valence-corrected chi connectivity index (χ1v) is 6.85. The Labute approximate surface area is 114 Å². The fourth-order valence-electron chi connectivity index (χ4n) is 1.70. The highest BCUT2D eigenvalue weighted by Crippen LogP contribution is 2.18. The molecule has 0 aromatic heterocycles. The van der Waals surface area contributed by atoms with Crippen molar-refractivity contribution in [3.8, 4) is 0 Å². The van der Waals surface area contributed by atoms with Crippen molar-refractivity contribution < 1.29 is 4.79 Å². The molecule has 1 aromatic carbocycles. The molecule has 18 heavy (non-hydrogen) atoms. The molecule has 4 heteroatoms. The zero-order valence-electron chi connectivity index (χ0n) is 11.0. The van der Waals surface area contributed by atoms with Gasteiger partial charge in [-0.1, -0.05) is 44.0 Å². The molecule has 0 aliphatic carbocycles. The normalized spacial score (nSPS) is 11.9. The van der Waals surface area contributed by atoms with E-state index in [9.17, 15) is 4.79 Å². The van der Waals surface area contributed by atoms with Crippen LogP contribution in [0.3, 0.4) is 0 Å². The molecule has 0 aliphatic heterocycles. The van der Waals surface area contributed by atoms with Gasteiger partial charge in [0.2, 0.25) is 0 Å². The summed E-state index contributed by atoms with van der Waals surface area (Å²) in [5.74, 6) is 0. The predicted molar refractivity (Wildman–Crippen MR) is 75.9 cm³/mol. The number of halogens is 1. The molecule has 0 aliphatic rings. The SMILES string of the molecule is CCCCNC(=O)N[C@@H](CC)c1ccc(Cl)cc1. The van der Waals surface area contributed by atoms with Crippen LogP contribution < -0.4 is 10.6 Å². The number of amides is 2. The fraction of sp³-hybridized carbons (Fsp3) is 0.500. The van der Waals surface area contributed by atoms with Crippen LogP contribution in [0.25, 0.3) is 0 Å². The summed E-state index contributed by atoms with van der Waals surface area (Å²) in [5, 5.41) is 6.53. The molecule has 0 radical (unpaired) electrons. The Balaban J connectivity index is 2.51. The smallest absolute Gasteiger partial charge is 0.315 e. The Morgan fingerprint density at radius 1 is 1.28 bits per heavy atom. The van der Waals surface area contributed by atoms with Gasteiger partial charge in [0, 0.05) is 11.6 Å². The molecule has 2 N–H and O–H groups in total. The van der Waals surface area contributed by atoms with E-state index in [4.69, 9.17) is 11.6 Å². The molecule has 0 saturated carbocycles. The van der Waals surface area contributed by atoms with Crippen molar-refractivity contribution in [1.29, 1.82) is 0 Å². The zero-order chi connectivity index (χ0) is 13.4. The molecule has 0 saturated heterocycles. The molecule has 0 unspecified atom stereocenters. The molecule has 0 fully saturated rings. The second-order valence-corrected chi connectivity index (χ2v) is 4.70. The van der Waals surface area contributed by atoms with Crippen molar-refractivity contribution in [2.75, 3.05) is 6.54 Å². The van der Waals surface area contributed by atoms with Gasteiger partial charge in [0.05, 0.1) is 6.04 Å². The van der Waals surface area contributed by atoms with Gasteiger partial charge in [0.1, 0.15) is 0 Å². The molecule has 100 valence electrons. The minimum atomic E-state index is -0.106. The van der Waals surface area contributed by atoms with E-state index in [-0.39, 0.29) is 12.1 Å². The van der Waals surface area contributed by atoms with Crippen LogP contribution in [-0.2, 0) is 0 Å². The highest BCUT2D eigenvalue weighted by atomic mass is 35.5. The van der Waals surface area contributed by atoms with Crippen molar-refractivity contribution in [3.63, 3.8) is 0 Å². The van der Waals surface area contributed by atoms with Crippen molar-refractivity contribution >= 4 is 17.6 Å². The minimum Gasteiger partial charge on any atom is -0.338 e. The third-order valence-corrected chi connectivity index (χ3v) is 3.05. The Hall–Kier alpha value is -1.22. The number of urea groups is 1. The Bertz CT molecular complexity index is 365. The molecule has 0 bridgehead atoms. The number of unbranched alkanes of at least 4 members (excludes halogenated alkanes) is 1. The van der Waals surface area contributed by atoms with Crippen molar-refractivity contribution in [1.82, 2.24) is 10.6 Å². The van der Waals surface area contributed by atoms with Gasteiger partial charge in [0.15, 0.2) is 0 Å². The topological polar surface area (TPSA) is 41.1 Å². The van der Waals surface area contributed by atoms with Gasteiger partial charge in [-0.05, 0) is 30.5 Å². The van der Waals surface area contributed by atoms with Gasteiger partial charge in [-0.3, -0.25) is 0 Å². The summed E-state index contributed by atoms with van der Waals surface area (Å²) < 4.78 is 0. The van der Waals surface area contributed by atoms with Crippen molar-refractivity contribution in [2.24, 2.45) is 0 Å². The summed E-state index contributed by atoms with van der Waals surface area (Å²) in [6.07, 6.45) is 2.93. The number of benzene rings is 1. The molecule has 3 nitrogen and oxygen atoms in total. The van der Waals surface area contributed by atoms with Crippen LogP contribution in [-0.4, -0.2) is 12.6 Å². The molecule has 0 spiro atoms. The molecular formula is C14H21ClN2O. The van der Waals surface area contributed by atoms with Crippen LogP contribution in [0, 0.1) is 0 Å². The van der Waals surface area contributed by atoms with E-state index in [2.05, 4.69) is 17.6 Å². The van der Waals surface area contributed by atoms with Crippen molar-refractivity contribution in [2.45, 2.75) is 39.2 Å². The summed E-state index contributed by atoms with van der Waals surface area (Å²) in [4.78, 5) is 11.7. The maximum absolute atomic E-state index is 11.7. The fourth-order valence-corrected chi connectivity index (χ4v) is 1.83. The lowest BCUT2D eigenvalue weighted by Crippen LogP contribution is -2.38. The third-order valence-electron chi connectivity index (χ3n) is 2.80. The Morgan fingerprint density at radius 3 is 2.50 bits per heavy atom. The van der Waals surface area contributed by atoms with Crippen LogP contribution in [0.4, 0.5) is 4.79 Å². The van der Waals surface area contributed by atoms with E-state index in [0.717, 1.165) is 31.4 Å². The second-order valence-electron chi connectivity index (χ2n) is 4.27. The number of hydrogen-bond donors (Lipinski definition) is 2. The van der Waals surface area contributed by atoms with E-state index in [1.165, 1.54) is 0 Å². The first-order chi connectivity index (χ1) is 8.67. The van der Waals surface area contributed by atoms with Crippen LogP contribution in [0.15, 0.2) is 24.3 Å². The number of hydrogen-bond acceptors (Lipinski definition) is 1. The summed E-state index contributed by atoms with van der Waals surface area (Å²) in [5.41, 5.74) is 1.08. The molecule has 0 heterocycles. The highest BCUT2D eigenvalue weighted by molar-refractivity contribution is 6.30. The molecule has 2 amide bonds. The van der Waals surface area contributed by atoms with Crippen LogP contribution in [0.5, 0.6) is 0 Å². The standard InChI is InChI=1S/C14H21ClN2O/c1-3-5-10-16-14(18)17-13(4-2)11-6-8-12(15)9-7-11/h6-9,13H,3-5,10H2,1-2H3,(H2,16,17,18)/t13-/m0/s1. The maximum Gasteiger partial charge on any atom is 0.315 e. The largest absolute Gasteiger partial charge is 0.338 e. The first kappa shape index (κ1) is 14.8. The summed E-state index contributed by atoms with van der Waals surface area (Å²) in [6.45, 7) is 4.87. The Kier molecular flexibility index (Phi) is 6.58. The monoisotopic (exact) mass is 268 g/mol. The summed E-state index contributed by atoms with van der Waals surface area (Å²) in [7, 11) is 0. The van der Waals surface area contributed by atoms with Gasteiger partial charge in [-0.25, -0.2) is 4.79 Å².